The maximum Gasteiger partial charge on any atom is 0.500 e. The fraction of sp³-hybridized carbons (Fsp3) is 0.800. The molecule has 0 heterocycles. The standard InChI is InChI=1S/C10H22O3Si/c1-5-6-7-8-9-10-14(11-2,12-3)13-4/h7-8H,5-6,9-10H2,1-4H3. The Morgan fingerprint density at radius 1 is 0.929 bits per heavy atom. The molecule has 0 spiro atoms. The number of rotatable bonds is 8. The summed E-state index contributed by atoms with van der Waals surface area (Å²) in [7, 11) is 2.61. The van der Waals surface area contributed by atoms with E-state index in [1.165, 1.54) is 6.42 Å². The average molecular weight is 218 g/mol. The Morgan fingerprint density at radius 3 is 1.86 bits per heavy atom. The zero-order valence-electron chi connectivity index (χ0n) is 9.71. The minimum absolute atomic E-state index is 0.844. The van der Waals surface area contributed by atoms with Crippen LogP contribution in [-0.4, -0.2) is 30.1 Å². The molecule has 0 bridgehead atoms. The monoisotopic (exact) mass is 218 g/mol. The summed E-state index contributed by atoms with van der Waals surface area (Å²) >= 11 is 0. The van der Waals surface area contributed by atoms with Crippen molar-refractivity contribution in [1.29, 1.82) is 0 Å². The van der Waals surface area contributed by atoms with E-state index >= 15 is 0 Å². The minimum Gasteiger partial charge on any atom is -0.377 e. The third kappa shape index (κ3) is 4.90. The molecule has 0 saturated heterocycles. The van der Waals surface area contributed by atoms with Crippen LogP contribution < -0.4 is 0 Å². The second kappa shape index (κ2) is 8.17. The quantitative estimate of drug-likeness (QED) is 0.463. The lowest BCUT2D eigenvalue weighted by atomic mass is 10.3. The Kier molecular flexibility index (Phi) is 8.08. The highest BCUT2D eigenvalue weighted by molar-refractivity contribution is 6.60. The van der Waals surface area contributed by atoms with E-state index in [0.717, 1.165) is 18.9 Å². The summed E-state index contributed by atoms with van der Waals surface area (Å²) < 4.78 is 15.9. The van der Waals surface area contributed by atoms with Gasteiger partial charge in [0.25, 0.3) is 0 Å². The van der Waals surface area contributed by atoms with Crippen molar-refractivity contribution >= 4 is 8.80 Å². The summed E-state index contributed by atoms with van der Waals surface area (Å²) in [5, 5.41) is 0. The number of allylic oxidation sites excluding steroid dienone is 2. The Labute approximate surface area is 88.4 Å². The molecule has 3 nitrogen and oxygen atoms in total. The predicted octanol–water partition coefficient (Wildman–Crippen LogP) is 2.61. The van der Waals surface area contributed by atoms with Crippen molar-refractivity contribution in [3.05, 3.63) is 12.2 Å². The second-order valence-corrected chi connectivity index (χ2v) is 6.18. The topological polar surface area (TPSA) is 27.7 Å². The first-order valence-electron chi connectivity index (χ1n) is 5.05. The molecule has 0 amide bonds. The Hall–Kier alpha value is -0.163. The van der Waals surface area contributed by atoms with Gasteiger partial charge in [-0.05, 0) is 12.8 Å². The third-order valence-corrected chi connectivity index (χ3v) is 4.94. The van der Waals surface area contributed by atoms with Gasteiger partial charge in [-0.2, -0.15) is 0 Å². The van der Waals surface area contributed by atoms with E-state index < -0.39 is 8.80 Å². The molecule has 0 N–H and O–H groups in total. The van der Waals surface area contributed by atoms with Gasteiger partial charge in [0.05, 0.1) is 0 Å². The molecule has 0 aliphatic rings. The van der Waals surface area contributed by atoms with Gasteiger partial charge in [-0.1, -0.05) is 25.5 Å². The molecular weight excluding hydrogens is 196 g/mol. The lowest BCUT2D eigenvalue weighted by molar-refractivity contribution is 0.124. The smallest absolute Gasteiger partial charge is 0.377 e. The van der Waals surface area contributed by atoms with Crippen LogP contribution in [0.15, 0.2) is 12.2 Å². The van der Waals surface area contributed by atoms with Gasteiger partial charge >= 0.3 is 8.80 Å². The van der Waals surface area contributed by atoms with Gasteiger partial charge in [0.15, 0.2) is 0 Å². The molecule has 0 aliphatic carbocycles. The molecule has 0 atom stereocenters. The fourth-order valence-electron chi connectivity index (χ4n) is 1.22. The van der Waals surface area contributed by atoms with E-state index in [2.05, 4.69) is 19.1 Å². The Balaban J connectivity index is 3.82. The van der Waals surface area contributed by atoms with E-state index in [-0.39, 0.29) is 0 Å². The molecule has 0 aliphatic heterocycles. The zero-order chi connectivity index (χ0) is 10.9. The van der Waals surface area contributed by atoms with Crippen molar-refractivity contribution in [2.75, 3.05) is 21.3 Å². The van der Waals surface area contributed by atoms with E-state index in [9.17, 15) is 0 Å². The maximum absolute atomic E-state index is 5.30. The molecule has 0 aromatic heterocycles. The van der Waals surface area contributed by atoms with Gasteiger partial charge in [0.1, 0.15) is 0 Å². The van der Waals surface area contributed by atoms with E-state index in [1.807, 2.05) is 0 Å². The van der Waals surface area contributed by atoms with Gasteiger partial charge in [-0.3, -0.25) is 0 Å². The van der Waals surface area contributed by atoms with Crippen molar-refractivity contribution in [1.82, 2.24) is 0 Å². The molecule has 0 radical (unpaired) electrons. The van der Waals surface area contributed by atoms with Crippen LogP contribution in [0.4, 0.5) is 0 Å². The van der Waals surface area contributed by atoms with Crippen molar-refractivity contribution in [3.63, 3.8) is 0 Å². The van der Waals surface area contributed by atoms with E-state index in [4.69, 9.17) is 13.3 Å². The molecule has 14 heavy (non-hydrogen) atoms. The molecule has 0 unspecified atom stereocenters. The molecule has 0 aromatic rings. The first-order chi connectivity index (χ1) is 6.74. The predicted molar refractivity (Wildman–Crippen MR) is 60.3 cm³/mol. The van der Waals surface area contributed by atoms with Gasteiger partial charge < -0.3 is 13.3 Å². The molecular formula is C10H22O3Si. The highest BCUT2D eigenvalue weighted by Gasteiger charge is 2.36. The largest absolute Gasteiger partial charge is 0.500 e. The molecule has 0 fully saturated rings. The van der Waals surface area contributed by atoms with Crippen LogP contribution in [-0.2, 0) is 13.3 Å². The first-order valence-corrected chi connectivity index (χ1v) is 6.98. The van der Waals surface area contributed by atoms with Crippen molar-refractivity contribution in [2.45, 2.75) is 32.2 Å². The van der Waals surface area contributed by atoms with Crippen molar-refractivity contribution in [2.24, 2.45) is 0 Å². The van der Waals surface area contributed by atoms with E-state index in [0.29, 0.717) is 0 Å². The third-order valence-electron chi connectivity index (χ3n) is 2.17. The second-order valence-electron chi connectivity index (χ2n) is 3.09. The number of unbranched alkanes of at least 4 members (excludes halogenated alkanes) is 1. The number of hydrogen-bond donors (Lipinski definition) is 0. The van der Waals surface area contributed by atoms with E-state index in [1.54, 1.807) is 21.3 Å². The van der Waals surface area contributed by atoms with Gasteiger partial charge in [-0.15, -0.1) is 0 Å². The number of hydrogen-bond acceptors (Lipinski definition) is 3. The van der Waals surface area contributed by atoms with Crippen molar-refractivity contribution < 1.29 is 13.3 Å². The summed E-state index contributed by atoms with van der Waals surface area (Å²) in [6.45, 7) is 2.17. The van der Waals surface area contributed by atoms with Crippen LogP contribution in [0, 0.1) is 0 Å². The first kappa shape index (κ1) is 13.8. The zero-order valence-corrected chi connectivity index (χ0v) is 10.7. The summed E-state index contributed by atoms with van der Waals surface area (Å²) in [5.41, 5.74) is 0. The molecule has 84 valence electrons. The highest BCUT2D eigenvalue weighted by Crippen LogP contribution is 2.15. The SMILES string of the molecule is CCCC=CCC[Si](OC)(OC)OC. The summed E-state index contributed by atoms with van der Waals surface area (Å²) in [5.74, 6) is 0. The molecule has 0 rings (SSSR count). The Morgan fingerprint density at radius 2 is 1.43 bits per heavy atom. The summed E-state index contributed by atoms with van der Waals surface area (Å²) in [6, 6.07) is 0.844. The van der Waals surface area contributed by atoms with Crippen molar-refractivity contribution in [3.8, 4) is 0 Å². The van der Waals surface area contributed by atoms with Gasteiger partial charge in [-0.25, -0.2) is 0 Å². The molecule has 0 saturated carbocycles. The molecule has 4 heteroatoms. The highest BCUT2D eigenvalue weighted by atomic mass is 28.4. The van der Waals surface area contributed by atoms with Crippen LogP contribution in [0.1, 0.15) is 26.2 Å². The lowest BCUT2D eigenvalue weighted by Gasteiger charge is -2.23. The maximum atomic E-state index is 5.30. The van der Waals surface area contributed by atoms with Gasteiger partial charge in [0, 0.05) is 27.4 Å². The van der Waals surface area contributed by atoms with Crippen LogP contribution in [0.2, 0.25) is 6.04 Å². The average Bonchev–Trinajstić information content (AvgIpc) is 2.24. The van der Waals surface area contributed by atoms with Gasteiger partial charge in [0.2, 0.25) is 0 Å². The lowest BCUT2D eigenvalue weighted by Crippen LogP contribution is -2.42. The van der Waals surface area contributed by atoms with Crippen LogP contribution in [0.3, 0.4) is 0 Å². The summed E-state index contributed by atoms with van der Waals surface area (Å²) in [6.07, 6.45) is 7.66. The summed E-state index contributed by atoms with van der Waals surface area (Å²) in [4.78, 5) is 0. The van der Waals surface area contributed by atoms with Crippen LogP contribution in [0.25, 0.3) is 0 Å². The van der Waals surface area contributed by atoms with Crippen LogP contribution in [0.5, 0.6) is 0 Å². The Bertz CT molecular complexity index is 147. The molecule has 0 aromatic carbocycles. The fourth-order valence-corrected chi connectivity index (χ4v) is 2.85. The minimum atomic E-state index is -2.33. The van der Waals surface area contributed by atoms with Crippen LogP contribution >= 0.6 is 0 Å². The normalized spacial score (nSPS) is 12.6.